The van der Waals surface area contributed by atoms with Crippen LogP contribution in [0, 0.1) is 6.92 Å². The van der Waals surface area contributed by atoms with Crippen molar-refractivity contribution in [1.82, 2.24) is 19.5 Å². The minimum absolute atomic E-state index is 0.0325. The predicted octanol–water partition coefficient (Wildman–Crippen LogP) is 3.99. The van der Waals surface area contributed by atoms with Crippen LogP contribution in [0.3, 0.4) is 0 Å². The van der Waals surface area contributed by atoms with Gasteiger partial charge in [0, 0.05) is 18.0 Å². The Bertz CT molecular complexity index is 1070. The van der Waals surface area contributed by atoms with Crippen LogP contribution in [0.5, 0.6) is 0 Å². The van der Waals surface area contributed by atoms with Crippen molar-refractivity contribution in [2.75, 3.05) is 0 Å². The zero-order chi connectivity index (χ0) is 20.3. The molecule has 1 saturated carbocycles. The molecule has 2 heterocycles. The first-order valence-electron chi connectivity index (χ1n) is 10.0. The van der Waals surface area contributed by atoms with Crippen molar-refractivity contribution in [2.24, 2.45) is 0 Å². The highest BCUT2D eigenvalue weighted by Gasteiger charge is 2.22. The maximum absolute atomic E-state index is 12.5. The van der Waals surface area contributed by atoms with E-state index in [0.717, 1.165) is 40.9 Å². The molecule has 3 aromatic rings. The summed E-state index contributed by atoms with van der Waals surface area (Å²) in [4.78, 5) is 4.10. The quantitative estimate of drug-likeness (QED) is 0.639. The number of hydrogen-bond acceptors (Lipinski definition) is 4. The lowest BCUT2D eigenvalue weighted by atomic mass is 10.1. The van der Waals surface area contributed by atoms with Crippen molar-refractivity contribution >= 4 is 10.0 Å². The van der Waals surface area contributed by atoms with Gasteiger partial charge < -0.3 is 0 Å². The second-order valence-corrected chi connectivity index (χ2v) is 9.52. The number of nitrogens with zero attached hydrogens (tertiary/aromatic N) is 3. The van der Waals surface area contributed by atoms with Crippen LogP contribution in [0.4, 0.5) is 0 Å². The topological polar surface area (TPSA) is 76.9 Å². The molecule has 1 aromatic carbocycles. The summed E-state index contributed by atoms with van der Waals surface area (Å²) < 4.78 is 29.9. The fraction of sp³-hybridized carbons (Fsp3) is 0.364. The third-order valence-electron chi connectivity index (χ3n) is 5.35. The number of benzene rings is 1. The number of hydrogen-bond donors (Lipinski definition) is 1. The summed E-state index contributed by atoms with van der Waals surface area (Å²) in [5, 5.41) is 4.76. The molecule has 0 amide bonds. The summed E-state index contributed by atoms with van der Waals surface area (Å²) in [5.41, 5.74) is 4.64. The zero-order valence-electron chi connectivity index (χ0n) is 16.6. The lowest BCUT2D eigenvalue weighted by Gasteiger charge is -2.14. The summed E-state index contributed by atoms with van der Waals surface area (Å²) in [5.74, 6) is -0.0325. The predicted molar refractivity (Wildman–Crippen MR) is 114 cm³/mol. The molecule has 0 saturated heterocycles. The molecule has 0 spiro atoms. The summed E-state index contributed by atoms with van der Waals surface area (Å²) in [6, 6.07) is 13.9. The van der Waals surface area contributed by atoms with Gasteiger partial charge in [-0.25, -0.2) is 13.1 Å². The van der Waals surface area contributed by atoms with Crippen LogP contribution in [0.1, 0.15) is 48.5 Å². The van der Waals surface area contributed by atoms with Crippen LogP contribution < -0.4 is 4.72 Å². The minimum atomic E-state index is -3.45. The number of sulfonamides is 1. The molecule has 1 N–H and O–H groups in total. The Morgan fingerprint density at radius 3 is 2.59 bits per heavy atom. The molecule has 0 unspecified atom stereocenters. The first-order valence-corrected chi connectivity index (χ1v) is 11.7. The van der Waals surface area contributed by atoms with E-state index in [-0.39, 0.29) is 12.3 Å². The van der Waals surface area contributed by atoms with Crippen LogP contribution in [0.15, 0.2) is 54.9 Å². The summed E-state index contributed by atoms with van der Waals surface area (Å²) >= 11 is 0. The summed E-state index contributed by atoms with van der Waals surface area (Å²) in [6.45, 7) is 2.14. The van der Waals surface area contributed by atoms with Gasteiger partial charge in [0.25, 0.3) is 0 Å². The Labute approximate surface area is 172 Å². The molecule has 29 heavy (non-hydrogen) atoms. The first-order chi connectivity index (χ1) is 14.0. The van der Waals surface area contributed by atoms with Gasteiger partial charge in [-0.3, -0.25) is 9.67 Å². The lowest BCUT2D eigenvalue weighted by Crippen LogP contribution is -2.25. The van der Waals surface area contributed by atoms with Crippen LogP contribution >= 0.6 is 0 Å². The van der Waals surface area contributed by atoms with Gasteiger partial charge >= 0.3 is 0 Å². The maximum Gasteiger partial charge on any atom is 0.216 e. The van der Waals surface area contributed by atoms with E-state index >= 15 is 0 Å². The fourth-order valence-corrected chi connectivity index (χ4v) is 5.04. The number of aryl methyl sites for hydroxylation is 1. The second-order valence-electron chi connectivity index (χ2n) is 7.71. The van der Waals surface area contributed by atoms with Gasteiger partial charge in [0.15, 0.2) is 0 Å². The average Bonchev–Trinajstić information content (AvgIpc) is 3.37. The summed E-state index contributed by atoms with van der Waals surface area (Å²) in [6.07, 6.45) is 8.17. The standard InChI is InChI=1S/C22H26N4O2S/c1-17-5-4-6-18(13-17)16-29(27,28)24-15-20-14-22(19-9-11-23-12-10-19)26(25-20)21-7-2-3-8-21/h4-6,9-14,21,24H,2-3,7-8,15-16H2,1H3. The van der Waals surface area contributed by atoms with Crippen molar-refractivity contribution in [2.45, 2.75) is 50.9 Å². The largest absolute Gasteiger partial charge is 0.265 e. The Kier molecular flexibility index (Phi) is 5.78. The van der Waals surface area contributed by atoms with E-state index in [9.17, 15) is 8.42 Å². The van der Waals surface area contributed by atoms with Crippen molar-refractivity contribution in [3.63, 3.8) is 0 Å². The zero-order valence-corrected chi connectivity index (χ0v) is 17.4. The van der Waals surface area contributed by atoms with Gasteiger partial charge in [0.05, 0.1) is 29.7 Å². The Morgan fingerprint density at radius 2 is 1.86 bits per heavy atom. The maximum atomic E-state index is 12.5. The smallest absolute Gasteiger partial charge is 0.216 e. The van der Waals surface area contributed by atoms with Gasteiger partial charge in [-0.15, -0.1) is 0 Å². The molecule has 0 atom stereocenters. The third-order valence-corrected chi connectivity index (χ3v) is 6.64. The highest BCUT2D eigenvalue weighted by molar-refractivity contribution is 7.88. The van der Waals surface area contributed by atoms with E-state index in [1.807, 2.05) is 49.4 Å². The molecule has 1 fully saturated rings. The number of pyridine rings is 1. The Balaban J connectivity index is 1.52. The Morgan fingerprint density at radius 1 is 1.10 bits per heavy atom. The molecule has 0 bridgehead atoms. The molecule has 2 aromatic heterocycles. The van der Waals surface area contributed by atoms with Crippen LogP contribution in [-0.2, 0) is 22.3 Å². The molecule has 6 nitrogen and oxygen atoms in total. The van der Waals surface area contributed by atoms with Crippen molar-refractivity contribution in [1.29, 1.82) is 0 Å². The molecular weight excluding hydrogens is 384 g/mol. The number of rotatable bonds is 7. The third kappa shape index (κ3) is 4.92. The average molecular weight is 411 g/mol. The van der Waals surface area contributed by atoms with E-state index in [2.05, 4.69) is 14.4 Å². The van der Waals surface area contributed by atoms with Crippen LogP contribution in [0.25, 0.3) is 11.3 Å². The normalized spacial score (nSPS) is 15.1. The summed E-state index contributed by atoms with van der Waals surface area (Å²) in [7, 11) is -3.45. The van der Waals surface area contributed by atoms with Gasteiger partial charge in [0.2, 0.25) is 10.0 Å². The number of nitrogens with one attached hydrogen (secondary N) is 1. The molecule has 0 aliphatic heterocycles. The molecule has 4 rings (SSSR count). The molecular formula is C22H26N4O2S. The van der Waals surface area contributed by atoms with Crippen molar-refractivity contribution in [3.8, 4) is 11.3 Å². The second kappa shape index (κ2) is 8.47. The van der Waals surface area contributed by atoms with Crippen LogP contribution in [0.2, 0.25) is 0 Å². The molecule has 1 aliphatic rings. The molecule has 0 radical (unpaired) electrons. The van der Waals surface area contributed by atoms with Crippen molar-refractivity contribution < 1.29 is 8.42 Å². The van der Waals surface area contributed by atoms with Crippen LogP contribution in [-0.4, -0.2) is 23.2 Å². The molecule has 1 aliphatic carbocycles. The van der Waals surface area contributed by atoms with E-state index < -0.39 is 10.0 Å². The Hall–Kier alpha value is -2.51. The lowest BCUT2D eigenvalue weighted by molar-refractivity contribution is 0.467. The highest BCUT2D eigenvalue weighted by Crippen LogP contribution is 2.33. The van der Waals surface area contributed by atoms with Gasteiger partial charge in [-0.05, 0) is 43.5 Å². The minimum Gasteiger partial charge on any atom is -0.265 e. The van der Waals surface area contributed by atoms with E-state index in [4.69, 9.17) is 5.10 Å². The van der Waals surface area contributed by atoms with Crippen molar-refractivity contribution in [3.05, 3.63) is 71.7 Å². The number of aromatic nitrogens is 3. The van der Waals surface area contributed by atoms with E-state index in [1.165, 1.54) is 12.8 Å². The highest BCUT2D eigenvalue weighted by atomic mass is 32.2. The van der Waals surface area contributed by atoms with Gasteiger partial charge in [-0.2, -0.15) is 5.10 Å². The van der Waals surface area contributed by atoms with E-state index in [0.29, 0.717) is 6.04 Å². The molecule has 7 heteroatoms. The monoisotopic (exact) mass is 410 g/mol. The first kappa shape index (κ1) is 19.8. The van der Waals surface area contributed by atoms with Gasteiger partial charge in [-0.1, -0.05) is 42.7 Å². The SMILES string of the molecule is Cc1cccc(CS(=O)(=O)NCc2cc(-c3ccncc3)n(C3CCCC3)n2)c1. The fourth-order valence-electron chi connectivity index (χ4n) is 3.95. The van der Waals surface area contributed by atoms with E-state index in [1.54, 1.807) is 12.4 Å². The molecule has 152 valence electrons. The van der Waals surface area contributed by atoms with Gasteiger partial charge in [0.1, 0.15) is 0 Å².